The number of aliphatic hydroxyl groups excluding tert-OH is 1. The average molecular weight is 279 g/mol. The molecule has 0 heterocycles. The van der Waals surface area contributed by atoms with Gasteiger partial charge in [-0.1, -0.05) is 30.3 Å². The normalized spacial score (nSPS) is 24.4. The maximum Gasteiger partial charge on any atom is 0.408 e. The number of carbonyl (C=O) groups excluding carboxylic acids is 2. The van der Waals surface area contributed by atoms with Crippen LogP contribution < -0.4 is 5.32 Å². The Balaban J connectivity index is 1.88. The van der Waals surface area contributed by atoms with Crippen molar-refractivity contribution in [2.24, 2.45) is 0 Å². The van der Waals surface area contributed by atoms with E-state index in [9.17, 15) is 14.7 Å². The highest BCUT2D eigenvalue weighted by molar-refractivity contribution is 5.87. The molecule has 0 atom stereocenters. The van der Waals surface area contributed by atoms with Crippen LogP contribution in [-0.4, -0.2) is 35.9 Å². The van der Waals surface area contributed by atoms with Gasteiger partial charge in [0, 0.05) is 12.8 Å². The Morgan fingerprint density at radius 3 is 2.55 bits per heavy atom. The number of esters is 1. The third-order valence-corrected chi connectivity index (χ3v) is 3.30. The summed E-state index contributed by atoms with van der Waals surface area (Å²) >= 11 is 0. The van der Waals surface area contributed by atoms with E-state index in [4.69, 9.17) is 4.74 Å². The zero-order valence-electron chi connectivity index (χ0n) is 11.2. The minimum atomic E-state index is -1.16. The molecule has 2 N–H and O–H groups in total. The van der Waals surface area contributed by atoms with E-state index in [1.165, 1.54) is 7.11 Å². The van der Waals surface area contributed by atoms with Crippen LogP contribution in [0.2, 0.25) is 0 Å². The number of aliphatic hydroxyl groups is 1. The first kappa shape index (κ1) is 14.3. The molecular weight excluding hydrogens is 262 g/mol. The van der Waals surface area contributed by atoms with Crippen LogP contribution in [0.4, 0.5) is 4.79 Å². The highest BCUT2D eigenvalue weighted by Gasteiger charge is 2.52. The van der Waals surface area contributed by atoms with Gasteiger partial charge in [0.05, 0.1) is 13.2 Å². The van der Waals surface area contributed by atoms with Gasteiger partial charge in [0.25, 0.3) is 0 Å². The first-order valence-electron chi connectivity index (χ1n) is 6.31. The number of hydrogen-bond donors (Lipinski definition) is 2. The number of ether oxygens (including phenoxy) is 2. The zero-order valence-corrected chi connectivity index (χ0v) is 11.2. The summed E-state index contributed by atoms with van der Waals surface area (Å²) in [6.07, 6.45) is -1.03. The highest BCUT2D eigenvalue weighted by atomic mass is 16.6. The maximum absolute atomic E-state index is 11.7. The standard InChI is InChI=1S/C14H17NO5/c1-19-12(17)14(7-11(16)8-14)15-13(18)20-9-10-5-3-2-4-6-10/h2-6,11,16H,7-9H2,1H3,(H,15,18). The molecule has 0 radical (unpaired) electrons. The number of hydrogen-bond acceptors (Lipinski definition) is 5. The van der Waals surface area contributed by atoms with Crippen molar-refractivity contribution in [3.05, 3.63) is 35.9 Å². The summed E-state index contributed by atoms with van der Waals surface area (Å²) < 4.78 is 9.70. The molecule has 20 heavy (non-hydrogen) atoms. The first-order valence-corrected chi connectivity index (χ1v) is 6.31. The molecule has 1 aromatic rings. The van der Waals surface area contributed by atoms with Crippen molar-refractivity contribution in [3.8, 4) is 0 Å². The molecule has 1 amide bonds. The number of amides is 1. The molecule has 0 aliphatic heterocycles. The Morgan fingerprint density at radius 1 is 1.35 bits per heavy atom. The second kappa shape index (κ2) is 5.92. The fraction of sp³-hybridized carbons (Fsp3) is 0.429. The van der Waals surface area contributed by atoms with E-state index in [1.807, 2.05) is 30.3 Å². The Labute approximate surface area is 116 Å². The average Bonchev–Trinajstić information content (AvgIpc) is 2.43. The Hall–Kier alpha value is -2.08. The lowest BCUT2D eigenvalue weighted by molar-refractivity contribution is -0.158. The van der Waals surface area contributed by atoms with Gasteiger partial charge in [0.15, 0.2) is 0 Å². The molecule has 1 aromatic carbocycles. The van der Waals surface area contributed by atoms with Crippen LogP contribution in [0.25, 0.3) is 0 Å². The molecule has 0 saturated heterocycles. The SMILES string of the molecule is COC(=O)C1(NC(=O)OCc2ccccc2)CC(O)C1. The fourth-order valence-corrected chi connectivity index (χ4v) is 2.21. The van der Waals surface area contributed by atoms with Crippen LogP contribution in [0, 0.1) is 0 Å². The quantitative estimate of drug-likeness (QED) is 0.802. The molecule has 0 unspecified atom stereocenters. The summed E-state index contributed by atoms with van der Waals surface area (Å²) in [7, 11) is 1.24. The number of carbonyl (C=O) groups is 2. The van der Waals surface area contributed by atoms with Crippen LogP contribution in [0.3, 0.4) is 0 Å². The molecule has 1 saturated carbocycles. The molecule has 0 spiro atoms. The summed E-state index contributed by atoms with van der Waals surface area (Å²) in [5, 5.41) is 11.8. The lowest BCUT2D eigenvalue weighted by atomic mass is 9.74. The van der Waals surface area contributed by atoms with Crippen molar-refractivity contribution < 1.29 is 24.2 Å². The first-order chi connectivity index (χ1) is 9.55. The van der Waals surface area contributed by atoms with Gasteiger partial charge in [0.1, 0.15) is 12.1 Å². The molecule has 1 aliphatic carbocycles. The minimum Gasteiger partial charge on any atom is -0.467 e. The van der Waals surface area contributed by atoms with Gasteiger partial charge >= 0.3 is 12.1 Å². The number of nitrogens with one attached hydrogen (secondary N) is 1. The van der Waals surface area contributed by atoms with E-state index >= 15 is 0 Å². The number of methoxy groups -OCH3 is 1. The molecule has 6 nitrogen and oxygen atoms in total. The van der Waals surface area contributed by atoms with Crippen molar-refractivity contribution in [3.63, 3.8) is 0 Å². The van der Waals surface area contributed by atoms with E-state index in [1.54, 1.807) is 0 Å². The molecule has 2 rings (SSSR count). The van der Waals surface area contributed by atoms with E-state index in [0.29, 0.717) is 0 Å². The summed E-state index contributed by atoms with van der Waals surface area (Å²) in [5.74, 6) is -0.570. The van der Waals surface area contributed by atoms with Crippen LogP contribution >= 0.6 is 0 Å². The summed E-state index contributed by atoms with van der Waals surface area (Å²) in [6, 6.07) is 9.21. The molecular formula is C14H17NO5. The summed E-state index contributed by atoms with van der Waals surface area (Å²) in [6.45, 7) is 0.118. The van der Waals surface area contributed by atoms with Gasteiger partial charge < -0.3 is 19.9 Å². The maximum atomic E-state index is 11.7. The largest absolute Gasteiger partial charge is 0.467 e. The van der Waals surface area contributed by atoms with Gasteiger partial charge in [-0.15, -0.1) is 0 Å². The van der Waals surface area contributed by atoms with Crippen molar-refractivity contribution in [1.29, 1.82) is 0 Å². The predicted octanol–water partition coefficient (Wildman–Crippen LogP) is 0.979. The number of benzene rings is 1. The Morgan fingerprint density at radius 2 is 2.00 bits per heavy atom. The molecule has 0 aromatic heterocycles. The van der Waals surface area contributed by atoms with Gasteiger partial charge in [-0.05, 0) is 5.56 Å². The molecule has 0 bridgehead atoms. The van der Waals surface area contributed by atoms with E-state index in [0.717, 1.165) is 5.56 Å². The topological polar surface area (TPSA) is 84.9 Å². The third kappa shape index (κ3) is 3.08. The van der Waals surface area contributed by atoms with Crippen molar-refractivity contribution in [2.45, 2.75) is 31.1 Å². The number of alkyl carbamates (subject to hydrolysis) is 1. The smallest absolute Gasteiger partial charge is 0.408 e. The van der Waals surface area contributed by atoms with Gasteiger partial charge in [0.2, 0.25) is 0 Å². The van der Waals surface area contributed by atoms with Crippen LogP contribution in [0.15, 0.2) is 30.3 Å². The Kier molecular flexibility index (Phi) is 4.24. The zero-order chi connectivity index (χ0) is 14.6. The summed E-state index contributed by atoms with van der Waals surface area (Å²) in [4.78, 5) is 23.4. The van der Waals surface area contributed by atoms with E-state index in [-0.39, 0.29) is 19.4 Å². The second-order valence-corrected chi connectivity index (χ2v) is 4.82. The molecule has 6 heteroatoms. The number of rotatable bonds is 4. The van der Waals surface area contributed by atoms with Gasteiger partial charge in [-0.25, -0.2) is 9.59 Å². The van der Waals surface area contributed by atoms with Gasteiger partial charge in [-0.3, -0.25) is 0 Å². The summed E-state index contributed by atoms with van der Waals surface area (Å²) in [5.41, 5.74) is -0.314. The van der Waals surface area contributed by atoms with E-state index in [2.05, 4.69) is 10.1 Å². The highest BCUT2D eigenvalue weighted by Crippen LogP contribution is 2.33. The monoisotopic (exact) mass is 279 g/mol. The van der Waals surface area contributed by atoms with E-state index < -0.39 is 23.7 Å². The van der Waals surface area contributed by atoms with Crippen LogP contribution in [0.1, 0.15) is 18.4 Å². The van der Waals surface area contributed by atoms with Crippen LogP contribution in [0.5, 0.6) is 0 Å². The molecule has 1 aliphatic rings. The third-order valence-electron chi connectivity index (χ3n) is 3.30. The Bertz CT molecular complexity index is 482. The predicted molar refractivity (Wildman–Crippen MR) is 69.8 cm³/mol. The molecule has 108 valence electrons. The second-order valence-electron chi connectivity index (χ2n) is 4.82. The van der Waals surface area contributed by atoms with Gasteiger partial charge in [-0.2, -0.15) is 0 Å². The van der Waals surface area contributed by atoms with Crippen molar-refractivity contribution in [2.75, 3.05) is 7.11 Å². The molecule has 1 fully saturated rings. The van der Waals surface area contributed by atoms with Crippen LogP contribution in [-0.2, 0) is 20.9 Å². The minimum absolute atomic E-state index is 0.118. The van der Waals surface area contributed by atoms with Crippen molar-refractivity contribution >= 4 is 12.1 Å². The lowest BCUT2D eigenvalue weighted by Gasteiger charge is -2.42. The lowest BCUT2D eigenvalue weighted by Crippen LogP contribution is -2.64. The fourth-order valence-electron chi connectivity index (χ4n) is 2.21. The van der Waals surface area contributed by atoms with Crippen molar-refractivity contribution in [1.82, 2.24) is 5.32 Å².